The Labute approximate surface area is 154 Å². The van der Waals surface area contributed by atoms with Crippen molar-refractivity contribution in [1.82, 2.24) is 9.71 Å². The molecular formula is C14H18ClN5O5S. The monoisotopic (exact) mass is 403 g/mol. The fourth-order valence-corrected chi connectivity index (χ4v) is 3.64. The van der Waals surface area contributed by atoms with E-state index < -0.39 is 22.4 Å². The normalized spacial score (nSPS) is 13.1. The first-order valence-corrected chi connectivity index (χ1v) is 9.07. The molecule has 0 unspecified atom stereocenters. The highest BCUT2D eigenvalue weighted by Crippen LogP contribution is 2.31. The van der Waals surface area contributed by atoms with Crippen LogP contribution in [0.5, 0.6) is 0 Å². The fourth-order valence-electron chi connectivity index (χ4n) is 2.18. The van der Waals surface area contributed by atoms with Gasteiger partial charge in [-0.05, 0) is 12.1 Å². The third-order valence-electron chi connectivity index (χ3n) is 3.35. The molecule has 7 N–H and O–H groups in total. The van der Waals surface area contributed by atoms with E-state index >= 15 is 0 Å². The second-order valence-electron chi connectivity index (χ2n) is 5.27. The third-order valence-corrected chi connectivity index (χ3v) is 5.14. The van der Waals surface area contributed by atoms with Gasteiger partial charge in [-0.3, -0.25) is 0 Å². The number of aliphatic hydroxyl groups excluding tert-OH is 1. The van der Waals surface area contributed by atoms with Crippen LogP contribution >= 0.6 is 11.6 Å². The molecule has 0 bridgehead atoms. The van der Waals surface area contributed by atoms with Crippen LogP contribution in [-0.2, 0) is 14.8 Å². The number of hydrogen-bond donors (Lipinski definition) is 5. The van der Waals surface area contributed by atoms with Crippen LogP contribution in [0.2, 0.25) is 5.02 Å². The van der Waals surface area contributed by atoms with Crippen molar-refractivity contribution in [3.8, 4) is 0 Å². The van der Waals surface area contributed by atoms with E-state index in [0.29, 0.717) is 10.8 Å². The van der Waals surface area contributed by atoms with E-state index in [0.717, 1.165) is 0 Å². The zero-order chi connectivity index (χ0) is 19.5. The summed E-state index contributed by atoms with van der Waals surface area (Å²) in [6, 6.07) is 2.81. The second kappa shape index (κ2) is 8.12. The molecule has 0 saturated heterocycles. The third kappa shape index (κ3) is 4.58. The topological polar surface area (TPSA) is 173 Å². The van der Waals surface area contributed by atoms with E-state index in [1.165, 1.54) is 31.5 Å². The van der Waals surface area contributed by atoms with E-state index in [9.17, 15) is 18.6 Å². The average molecular weight is 404 g/mol. The summed E-state index contributed by atoms with van der Waals surface area (Å²) in [4.78, 5) is 7.69. The van der Waals surface area contributed by atoms with E-state index in [1.54, 1.807) is 0 Å². The molecule has 1 aromatic heterocycles. The van der Waals surface area contributed by atoms with Crippen LogP contribution in [0.1, 0.15) is 0 Å². The Balaban J connectivity index is 2.54. The first kappa shape index (κ1) is 20.3. The zero-order valence-corrected chi connectivity index (χ0v) is 15.2. The Morgan fingerprint density at radius 3 is 2.65 bits per heavy atom. The van der Waals surface area contributed by atoms with Gasteiger partial charge in [0.05, 0.1) is 22.6 Å². The summed E-state index contributed by atoms with van der Waals surface area (Å²) >= 11 is 6.08. The van der Waals surface area contributed by atoms with Crippen molar-refractivity contribution < 1.29 is 23.4 Å². The lowest BCUT2D eigenvalue weighted by atomic mass is 10.1. The van der Waals surface area contributed by atoms with Gasteiger partial charge in [-0.2, -0.15) is 4.99 Å². The predicted octanol–water partition coefficient (Wildman–Crippen LogP) is -0.603. The highest BCUT2D eigenvalue weighted by molar-refractivity contribution is 7.89. The van der Waals surface area contributed by atoms with Gasteiger partial charge in [0.1, 0.15) is 0 Å². The molecule has 12 heteroatoms. The van der Waals surface area contributed by atoms with Crippen LogP contribution in [0.4, 0.5) is 5.82 Å². The van der Waals surface area contributed by atoms with Crippen LogP contribution < -0.4 is 16.2 Å². The maximum absolute atomic E-state index is 12.6. The van der Waals surface area contributed by atoms with Crippen molar-refractivity contribution in [3.05, 3.63) is 29.4 Å². The first-order chi connectivity index (χ1) is 12.2. The number of benzene rings is 1. The number of pyridine rings is 1. The van der Waals surface area contributed by atoms with E-state index in [-0.39, 0.29) is 28.3 Å². The Bertz CT molecular complexity index is 931. The van der Waals surface area contributed by atoms with Gasteiger partial charge in [-0.25, -0.2) is 18.1 Å². The number of aromatic nitrogens is 1. The van der Waals surface area contributed by atoms with Crippen molar-refractivity contribution >= 4 is 44.2 Å². The lowest BCUT2D eigenvalue weighted by Crippen LogP contribution is -2.46. The number of nitrogens with two attached hydrogens (primary N) is 2. The Kier molecular flexibility index (Phi) is 6.34. The SMILES string of the molecule is COC[C@@H](NS(=O)(=O)c1ccc2c(Cl)cnc(N=C(N)N)c2c1)C(O)O. The number of aliphatic hydroxyl groups is 2. The molecule has 26 heavy (non-hydrogen) atoms. The van der Waals surface area contributed by atoms with Gasteiger partial charge >= 0.3 is 0 Å². The number of sulfonamides is 1. The molecule has 0 aliphatic heterocycles. The first-order valence-electron chi connectivity index (χ1n) is 7.21. The van der Waals surface area contributed by atoms with Gasteiger partial charge in [0.2, 0.25) is 10.0 Å². The van der Waals surface area contributed by atoms with Crippen molar-refractivity contribution in [2.45, 2.75) is 17.2 Å². The molecule has 1 heterocycles. The molecule has 0 radical (unpaired) electrons. The molecule has 0 saturated carbocycles. The van der Waals surface area contributed by atoms with Gasteiger partial charge in [0.25, 0.3) is 0 Å². The summed E-state index contributed by atoms with van der Waals surface area (Å²) in [6.07, 6.45) is -0.604. The Morgan fingerprint density at radius 2 is 2.08 bits per heavy atom. The number of hydrogen-bond acceptors (Lipinski definition) is 7. The lowest BCUT2D eigenvalue weighted by molar-refractivity contribution is -0.0761. The summed E-state index contributed by atoms with van der Waals surface area (Å²) in [5.41, 5.74) is 10.7. The van der Waals surface area contributed by atoms with Crippen molar-refractivity contribution in [2.75, 3.05) is 13.7 Å². The van der Waals surface area contributed by atoms with Crippen LogP contribution in [0.25, 0.3) is 10.8 Å². The molecule has 2 aromatic rings. The van der Waals surface area contributed by atoms with Crippen molar-refractivity contribution in [3.63, 3.8) is 0 Å². The highest BCUT2D eigenvalue weighted by Gasteiger charge is 2.25. The molecule has 0 aliphatic rings. The van der Waals surface area contributed by atoms with Gasteiger partial charge in [0.15, 0.2) is 18.1 Å². The van der Waals surface area contributed by atoms with E-state index in [1.807, 2.05) is 0 Å². The molecule has 0 fully saturated rings. The summed E-state index contributed by atoms with van der Waals surface area (Å²) in [5, 5.41) is 19.7. The highest BCUT2D eigenvalue weighted by atomic mass is 35.5. The number of aliphatic imine (C=N–C) groups is 1. The smallest absolute Gasteiger partial charge is 0.241 e. The van der Waals surface area contributed by atoms with Gasteiger partial charge < -0.3 is 26.4 Å². The maximum Gasteiger partial charge on any atom is 0.241 e. The van der Waals surface area contributed by atoms with Gasteiger partial charge in [0, 0.05) is 24.1 Å². The Hall–Kier alpha value is -2.02. The van der Waals surface area contributed by atoms with Crippen LogP contribution in [-0.4, -0.2) is 55.6 Å². The number of fused-ring (bicyclic) bond motifs is 1. The Morgan fingerprint density at radius 1 is 1.38 bits per heavy atom. The average Bonchev–Trinajstić information content (AvgIpc) is 2.56. The standard InChI is InChI=1S/C14H18ClN5O5S/c1-25-6-11(13(21)22)20-26(23,24)7-2-3-8-9(4-7)12(19-14(16)17)18-5-10(8)15/h2-5,11,13,20-22H,6H2,1H3,(H4,16,17,18,19)/t11-/m1/s1. The predicted molar refractivity (Wildman–Crippen MR) is 96.4 cm³/mol. The maximum atomic E-state index is 12.6. The van der Waals surface area contributed by atoms with Gasteiger partial charge in [-0.1, -0.05) is 17.7 Å². The molecule has 2 rings (SSSR count). The largest absolute Gasteiger partial charge is 0.383 e. The number of ether oxygens (including phenoxy) is 1. The molecule has 0 spiro atoms. The summed E-state index contributed by atoms with van der Waals surface area (Å²) in [5.74, 6) is -0.159. The molecule has 142 valence electrons. The minimum atomic E-state index is -4.11. The fraction of sp³-hybridized carbons (Fsp3) is 0.286. The summed E-state index contributed by atoms with van der Waals surface area (Å²) in [6.45, 7) is -0.239. The molecule has 1 atom stereocenters. The second-order valence-corrected chi connectivity index (χ2v) is 7.39. The quantitative estimate of drug-likeness (QED) is 0.231. The number of nitrogens with zero attached hydrogens (tertiary/aromatic N) is 2. The van der Waals surface area contributed by atoms with Gasteiger partial charge in [-0.15, -0.1) is 0 Å². The molecule has 10 nitrogen and oxygen atoms in total. The minimum Gasteiger partial charge on any atom is -0.383 e. The molecule has 0 amide bonds. The lowest BCUT2D eigenvalue weighted by Gasteiger charge is -2.19. The number of guanidine groups is 1. The summed E-state index contributed by atoms with van der Waals surface area (Å²) in [7, 11) is -2.81. The molecule has 0 aliphatic carbocycles. The number of nitrogens with one attached hydrogen (secondary N) is 1. The minimum absolute atomic E-state index is 0.0945. The summed E-state index contributed by atoms with van der Waals surface area (Å²) < 4.78 is 32.0. The van der Waals surface area contributed by atoms with Crippen LogP contribution in [0.15, 0.2) is 34.3 Å². The van der Waals surface area contributed by atoms with E-state index in [4.69, 9.17) is 27.8 Å². The van der Waals surface area contributed by atoms with E-state index in [2.05, 4.69) is 14.7 Å². The van der Waals surface area contributed by atoms with Crippen LogP contribution in [0.3, 0.4) is 0 Å². The van der Waals surface area contributed by atoms with Crippen molar-refractivity contribution in [2.24, 2.45) is 16.5 Å². The molecule has 1 aromatic carbocycles. The number of halogens is 1. The van der Waals surface area contributed by atoms with Crippen molar-refractivity contribution in [1.29, 1.82) is 0 Å². The number of methoxy groups -OCH3 is 1. The zero-order valence-electron chi connectivity index (χ0n) is 13.6. The number of rotatable bonds is 7. The van der Waals surface area contributed by atoms with Crippen LogP contribution in [0, 0.1) is 0 Å². The molecular weight excluding hydrogens is 386 g/mol.